The fourth-order valence-electron chi connectivity index (χ4n) is 2.91. The summed E-state index contributed by atoms with van der Waals surface area (Å²) in [7, 11) is 0. The number of urea groups is 1. The molecule has 1 heterocycles. The molecule has 0 radical (unpaired) electrons. The molecule has 6 nitrogen and oxygen atoms in total. The van der Waals surface area contributed by atoms with Gasteiger partial charge in [-0.05, 0) is 32.7 Å². The molecule has 1 saturated carbocycles. The summed E-state index contributed by atoms with van der Waals surface area (Å²) in [6.07, 6.45) is 4.40. The van der Waals surface area contributed by atoms with Crippen LogP contribution < -0.4 is 21.3 Å². The molecule has 1 aliphatic carbocycles. The molecular formula is C13H25ClN4O2. The second-order valence-corrected chi connectivity index (χ2v) is 5.44. The summed E-state index contributed by atoms with van der Waals surface area (Å²) in [6.45, 7) is 4.20. The van der Waals surface area contributed by atoms with E-state index in [4.69, 9.17) is 0 Å². The van der Waals surface area contributed by atoms with Gasteiger partial charge in [-0.25, -0.2) is 4.79 Å². The van der Waals surface area contributed by atoms with Crippen LogP contribution in [0.1, 0.15) is 39.0 Å². The van der Waals surface area contributed by atoms with Gasteiger partial charge >= 0.3 is 6.03 Å². The molecule has 7 heteroatoms. The van der Waals surface area contributed by atoms with Crippen molar-refractivity contribution in [2.75, 3.05) is 19.6 Å². The first-order valence-electron chi connectivity index (χ1n) is 7.24. The van der Waals surface area contributed by atoms with Gasteiger partial charge in [0.2, 0.25) is 5.91 Å². The van der Waals surface area contributed by atoms with E-state index in [1.807, 2.05) is 6.92 Å². The van der Waals surface area contributed by atoms with Gasteiger partial charge in [-0.15, -0.1) is 12.4 Å². The van der Waals surface area contributed by atoms with Crippen molar-refractivity contribution in [1.29, 1.82) is 0 Å². The fraction of sp³-hybridized carbons (Fsp3) is 0.846. The number of carbonyl (C=O) groups is 2. The van der Waals surface area contributed by atoms with Crippen molar-refractivity contribution in [3.63, 3.8) is 0 Å². The molecule has 2 rings (SSSR count). The summed E-state index contributed by atoms with van der Waals surface area (Å²) < 4.78 is 0. The molecule has 1 saturated heterocycles. The maximum absolute atomic E-state index is 12.5. The van der Waals surface area contributed by atoms with E-state index in [9.17, 15) is 9.59 Å². The molecule has 2 aliphatic rings. The maximum Gasteiger partial charge on any atom is 0.315 e. The Hall–Kier alpha value is -1.01. The lowest BCUT2D eigenvalue weighted by Crippen LogP contribution is -2.60. The molecule has 20 heavy (non-hydrogen) atoms. The van der Waals surface area contributed by atoms with Crippen molar-refractivity contribution in [3.05, 3.63) is 0 Å². The zero-order chi connectivity index (χ0) is 13.7. The van der Waals surface area contributed by atoms with Gasteiger partial charge in [0.25, 0.3) is 0 Å². The molecule has 0 aromatic carbocycles. The average molecular weight is 305 g/mol. The van der Waals surface area contributed by atoms with Crippen LogP contribution >= 0.6 is 12.4 Å². The Balaban J connectivity index is 0.00000200. The molecule has 1 aliphatic heterocycles. The summed E-state index contributed by atoms with van der Waals surface area (Å²) in [4.78, 5) is 24.2. The van der Waals surface area contributed by atoms with Crippen LogP contribution in [-0.4, -0.2) is 43.2 Å². The zero-order valence-corrected chi connectivity index (χ0v) is 12.8. The van der Waals surface area contributed by atoms with Crippen LogP contribution in [0.15, 0.2) is 0 Å². The number of halogens is 1. The Kier molecular flexibility index (Phi) is 6.55. The largest absolute Gasteiger partial charge is 0.350 e. The van der Waals surface area contributed by atoms with Crippen LogP contribution in [0.5, 0.6) is 0 Å². The van der Waals surface area contributed by atoms with Gasteiger partial charge in [-0.1, -0.05) is 12.8 Å². The third-order valence-corrected chi connectivity index (χ3v) is 3.98. The number of nitrogens with one attached hydrogen (secondary N) is 4. The lowest BCUT2D eigenvalue weighted by atomic mass is 9.96. The molecule has 116 valence electrons. The summed E-state index contributed by atoms with van der Waals surface area (Å²) in [6, 6.07) is -0.0508. The topological polar surface area (TPSA) is 82.3 Å². The molecule has 0 spiro atoms. The number of rotatable bonds is 4. The maximum atomic E-state index is 12.5. The van der Waals surface area contributed by atoms with Crippen LogP contribution in [0.3, 0.4) is 0 Å². The summed E-state index contributed by atoms with van der Waals surface area (Å²) in [5.74, 6) is -0.0232. The molecule has 2 fully saturated rings. The molecule has 0 aromatic rings. The van der Waals surface area contributed by atoms with Crippen LogP contribution in [0.4, 0.5) is 4.79 Å². The van der Waals surface area contributed by atoms with Gasteiger partial charge in [-0.3, -0.25) is 4.79 Å². The molecule has 3 amide bonds. The van der Waals surface area contributed by atoms with E-state index >= 15 is 0 Å². The molecule has 0 aromatic heterocycles. The predicted octanol–water partition coefficient (Wildman–Crippen LogP) is 0.518. The SMILES string of the molecule is CCNC(=O)NC1(C(=O)NC2CCNC2)CCCC1.Cl. The second kappa shape index (κ2) is 7.69. The monoisotopic (exact) mass is 304 g/mol. The first-order chi connectivity index (χ1) is 9.16. The third kappa shape index (κ3) is 3.99. The fourth-order valence-corrected chi connectivity index (χ4v) is 2.91. The summed E-state index contributed by atoms with van der Waals surface area (Å²) in [5.41, 5.74) is -0.707. The Morgan fingerprint density at radius 3 is 2.55 bits per heavy atom. The summed E-state index contributed by atoms with van der Waals surface area (Å²) >= 11 is 0. The third-order valence-electron chi connectivity index (χ3n) is 3.98. The van der Waals surface area contributed by atoms with Crippen molar-refractivity contribution in [2.45, 2.75) is 50.6 Å². The van der Waals surface area contributed by atoms with Crippen molar-refractivity contribution < 1.29 is 9.59 Å². The minimum absolute atomic E-state index is 0. The first-order valence-corrected chi connectivity index (χ1v) is 7.24. The van der Waals surface area contributed by atoms with Gasteiger partial charge in [0.05, 0.1) is 0 Å². The molecular weight excluding hydrogens is 280 g/mol. The first kappa shape index (κ1) is 17.0. The second-order valence-electron chi connectivity index (χ2n) is 5.44. The summed E-state index contributed by atoms with van der Waals surface area (Å²) in [5, 5.41) is 11.9. The van der Waals surface area contributed by atoms with Crippen molar-refractivity contribution >= 4 is 24.3 Å². The van der Waals surface area contributed by atoms with Crippen LogP contribution in [0.25, 0.3) is 0 Å². The minimum Gasteiger partial charge on any atom is -0.350 e. The van der Waals surface area contributed by atoms with Gasteiger partial charge in [0.1, 0.15) is 5.54 Å². The lowest BCUT2D eigenvalue weighted by molar-refractivity contribution is -0.127. The molecule has 4 N–H and O–H groups in total. The number of amides is 3. The van der Waals surface area contributed by atoms with Gasteiger partial charge in [0.15, 0.2) is 0 Å². The van der Waals surface area contributed by atoms with Crippen molar-refractivity contribution in [1.82, 2.24) is 21.3 Å². The molecule has 1 unspecified atom stereocenters. The van der Waals surface area contributed by atoms with Crippen LogP contribution in [-0.2, 0) is 4.79 Å². The van der Waals surface area contributed by atoms with Crippen LogP contribution in [0, 0.1) is 0 Å². The molecule has 1 atom stereocenters. The van der Waals surface area contributed by atoms with Crippen LogP contribution in [0.2, 0.25) is 0 Å². The zero-order valence-electron chi connectivity index (χ0n) is 12.0. The predicted molar refractivity (Wildman–Crippen MR) is 80.1 cm³/mol. The van der Waals surface area contributed by atoms with Crippen molar-refractivity contribution in [2.24, 2.45) is 0 Å². The van der Waals surface area contributed by atoms with E-state index in [0.29, 0.717) is 6.54 Å². The Morgan fingerprint density at radius 1 is 1.30 bits per heavy atom. The molecule has 0 bridgehead atoms. The minimum atomic E-state index is -0.707. The highest BCUT2D eigenvalue weighted by molar-refractivity contribution is 5.91. The van der Waals surface area contributed by atoms with E-state index in [0.717, 1.165) is 45.2 Å². The smallest absolute Gasteiger partial charge is 0.315 e. The normalized spacial score (nSPS) is 23.8. The Bertz CT molecular complexity index is 339. The highest BCUT2D eigenvalue weighted by Crippen LogP contribution is 2.30. The quantitative estimate of drug-likeness (QED) is 0.611. The Morgan fingerprint density at radius 2 is 2.00 bits per heavy atom. The van der Waals surface area contributed by atoms with E-state index in [1.165, 1.54) is 0 Å². The Labute approximate surface area is 126 Å². The van der Waals surface area contributed by atoms with Gasteiger partial charge in [-0.2, -0.15) is 0 Å². The van der Waals surface area contributed by atoms with E-state index < -0.39 is 5.54 Å². The number of hydrogen-bond acceptors (Lipinski definition) is 3. The highest BCUT2D eigenvalue weighted by atomic mass is 35.5. The standard InChI is InChI=1S/C13H24N4O2.ClH/c1-2-15-12(19)17-13(6-3-4-7-13)11(18)16-10-5-8-14-9-10;/h10,14H,2-9H2,1H3,(H,16,18)(H2,15,17,19);1H. The average Bonchev–Trinajstić information content (AvgIpc) is 3.01. The number of carbonyl (C=O) groups excluding carboxylic acids is 2. The van der Waals surface area contributed by atoms with E-state index in [2.05, 4.69) is 21.3 Å². The van der Waals surface area contributed by atoms with Crippen molar-refractivity contribution in [3.8, 4) is 0 Å². The number of hydrogen-bond donors (Lipinski definition) is 4. The van der Waals surface area contributed by atoms with Gasteiger partial charge in [0, 0.05) is 19.1 Å². The van der Waals surface area contributed by atoms with Gasteiger partial charge < -0.3 is 21.3 Å². The van der Waals surface area contributed by atoms with E-state index in [1.54, 1.807) is 0 Å². The lowest BCUT2D eigenvalue weighted by Gasteiger charge is -2.30. The van der Waals surface area contributed by atoms with E-state index in [-0.39, 0.29) is 30.4 Å². The highest BCUT2D eigenvalue weighted by Gasteiger charge is 2.43.